The van der Waals surface area contributed by atoms with Crippen LogP contribution in [0.25, 0.3) is 27.7 Å². The van der Waals surface area contributed by atoms with Crippen LogP contribution >= 0.6 is 0 Å². The van der Waals surface area contributed by atoms with E-state index in [1.54, 1.807) is 18.3 Å². The van der Waals surface area contributed by atoms with Gasteiger partial charge in [-0.15, -0.1) is 0 Å². The van der Waals surface area contributed by atoms with Crippen LogP contribution in [0, 0.1) is 5.92 Å². The summed E-state index contributed by atoms with van der Waals surface area (Å²) in [4.78, 5) is 22.5. The van der Waals surface area contributed by atoms with Crippen LogP contribution in [0.15, 0.2) is 53.7 Å². The van der Waals surface area contributed by atoms with E-state index in [0.29, 0.717) is 19.1 Å². The first kappa shape index (κ1) is 22.6. The number of pyridine rings is 1. The first-order chi connectivity index (χ1) is 16.3. The molecule has 0 saturated heterocycles. The second kappa shape index (κ2) is 8.88. The quantitative estimate of drug-likeness (QED) is 0.526. The maximum Gasteiger partial charge on any atom is 0.317 e. The third-order valence-corrected chi connectivity index (χ3v) is 7.81. The molecule has 1 aliphatic heterocycles. The topological polar surface area (TPSA) is 121 Å². The van der Waals surface area contributed by atoms with Crippen molar-refractivity contribution in [3.63, 3.8) is 0 Å². The first-order valence-corrected chi connectivity index (χ1v) is 13.2. The lowest BCUT2D eigenvalue weighted by Crippen LogP contribution is -2.47. The van der Waals surface area contributed by atoms with Gasteiger partial charge in [0.15, 0.2) is 0 Å². The number of hydrogen-bond acceptors (Lipinski definition) is 4. The Morgan fingerprint density at radius 2 is 1.91 bits per heavy atom. The maximum atomic E-state index is 12.7. The third-order valence-electron chi connectivity index (χ3n) is 6.89. The highest BCUT2D eigenvalue weighted by Crippen LogP contribution is 2.34. The van der Waals surface area contributed by atoms with Crippen molar-refractivity contribution >= 4 is 32.7 Å². The van der Waals surface area contributed by atoms with Crippen molar-refractivity contribution in [1.29, 1.82) is 0 Å². The summed E-state index contributed by atoms with van der Waals surface area (Å²) in [6.45, 7) is 3.38. The van der Waals surface area contributed by atoms with Crippen LogP contribution in [0.5, 0.6) is 0 Å². The largest absolute Gasteiger partial charge is 0.346 e. The number of primary sulfonamides is 1. The summed E-state index contributed by atoms with van der Waals surface area (Å²) in [5, 5.41) is 9.39. The number of nitrogens with zero attached hydrogens (tertiary/aromatic N) is 2. The molecule has 1 aromatic carbocycles. The molecule has 8 nitrogen and oxygen atoms in total. The van der Waals surface area contributed by atoms with Crippen molar-refractivity contribution in [2.45, 2.75) is 43.5 Å². The van der Waals surface area contributed by atoms with Gasteiger partial charge in [0, 0.05) is 48.0 Å². The van der Waals surface area contributed by atoms with E-state index in [2.05, 4.69) is 34.4 Å². The molecular weight excluding hydrogens is 450 g/mol. The Labute approximate surface area is 199 Å². The number of sulfonamides is 1. The van der Waals surface area contributed by atoms with Gasteiger partial charge in [-0.1, -0.05) is 38.0 Å². The number of rotatable bonds is 4. The monoisotopic (exact) mass is 479 g/mol. The molecule has 3 heterocycles. The van der Waals surface area contributed by atoms with E-state index in [9.17, 15) is 13.2 Å². The number of H-pyrrole nitrogens is 1. The smallest absolute Gasteiger partial charge is 0.317 e. The molecule has 1 unspecified atom stereocenters. The number of aromatic nitrogens is 2. The van der Waals surface area contributed by atoms with Gasteiger partial charge < -0.3 is 15.2 Å². The van der Waals surface area contributed by atoms with Crippen molar-refractivity contribution in [3.05, 3.63) is 54.4 Å². The molecule has 1 saturated carbocycles. The molecule has 2 aliphatic rings. The summed E-state index contributed by atoms with van der Waals surface area (Å²) in [5.74, 6) is 0.180. The second-order valence-corrected chi connectivity index (χ2v) is 10.8. The second-order valence-electron chi connectivity index (χ2n) is 9.29. The summed E-state index contributed by atoms with van der Waals surface area (Å²) < 4.78 is 23.1. The molecule has 4 N–H and O–H groups in total. The number of aromatic amines is 1. The number of carbonyl (C=O) groups is 1. The van der Waals surface area contributed by atoms with Gasteiger partial charge in [-0.2, -0.15) is 0 Å². The van der Waals surface area contributed by atoms with Crippen molar-refractivity contribution < 1.29 is 13.2 Å². The summed E-state index contributed by atoms with van der Waals surface area (Å²) in [7, 11) is -3.73. The Kier molecular flexibility index (Phi) is 5.91. The van der Waals surface area contributed by atoms with Crippen molar-refractivity contribution in [2.75, 3.05) is 13.1 Å². The van der Waals surface area contributed by atoms with Gasteiger partial charge in [0.1, 0.15) is 5.65 Å². The van der Waals surface area contributed by atoms with E-state index in [1.807, 2.05) is 11.1 Å². The predicted molar refractivity (Wildman–Crippen MR) is 132 cm³/mol. The lowest BCUT2D eigenvalue weighted by Gasteiger charge is -2.32. The van der Waals surface area contributed by atoms with Gasteiger partial charge in [0.2, 0.25) is 10.0 Å². The summed E-state index contributed by atoms with van der Waals surface area (Å²) in [6, 6.07) is 8.88. The van der Waals surface area contributed by atoms with Crippen LogP contribution in [0.2, 0.25) is 0 Å². The average Bonchev–Trinajstić information content (AvgIpc) is 3.48. The molecule has 2 aromatic heterocycles. The number of carbonyl (C=O) groups excluding carboxylic acids is 1. The first-order valence-electron chi connectivity index (χ1n) is 11.7. The highest BCUT2D eigenvalue weighted by atomic mass is 32.2. The van der Waals surface area contributed by atoms with E-state index in [4.69, 9.17) is 5.14 Å². The predicted octanol–water partition coefficient (Wildman–Crippen LogP) is 3.86. The number of nitrogens with two attached hydrogens (primary N) is 1. The summed E-state index contributed by atoms with van der Waals surface area (Å²) in [6.07, 6.45) is 10.4. The number of hydrogen-bond donors (Lipinski definition) is 3. The molecule has 0 bridgehead atoms. The summed E-state index contributed by atoms with van der Waals surface area (Å²) in [5.41, 5.74) is 4.80. The van der Waals surface area contributed by atoms with Crippen molar-refractivity contribution in [3.8, 4) is 11.1 Å². The van der Waals surface area contributed by atoms with E-state index < -0.39 is 10.0 Å². The molecule has 178 valence electrons. The lowest BCUT2D eigenvalue weighted by atomic mass is 9.90. The zero-order valence-corrected chi connectivity index (χ0v) is 19.9. The Morgan fingerprint density at radius 1 is 1.18 bits per heavy atom. The normalized spacial score (nSPS) is 19.4. The van der Waals surface area contributed by atoms with Gasteiger partial charge >= 0.3 is 6.03 Å². The van der Waals surface area contributed by atoms with Gasteiger partial charge in [-0.25, -0.2) is 23.3 Å². The van der Waals surface area contributed by atoms with E-state index >= 15 is 0 Å². The molecule has 1 aliphatic carbocycles. The van der Waals surface area contributed by atoms with Gasteiger partial charge in [-0.3, -0.25) is 0 Å². The van der Waals surface area contributed by atoms with E-state index in [-0.39, 0.29) is 16.8 Å². The highest BCUT2D eigenvalue weighted by molar-refractivity contribution is 7.89. The fourth-order valence-corrected chi connectivity index (χ4v) is 5.54. The number of nitrogens with one attached hydrogen (secondary N) is 2. The van der Waals surface area contributed by atoms with Gasteiger partial charge in [0.05, 0.1) is 4.90 Å². The Bertz CT molecular complexity index is 1350. The zero-order chi connectivity index (χ0) is 23.9. The van der Waals surface area contributed by atoms with Crippen molar-refractivity contribution in [2.24, 2.45) is 11.1 Å². The minimum absolute atomic E-state index is 0.0277. The minimum atomic E-state index is -3.73. The fraction of sp³-hybridized carbons (Fsp3) is 0.360. The van der Waals surface area contributed by atoms with Crippen molar-refractivity contribution in [1.82, 2.24) is 20.2 Å². The Morgan fingerprint density at radius 3 is 2.59 bits per heavy atom. The van der Waals surface area contributed by atoms with E-state index in [0.717, 1.165) is 40.6 Å². The maximum absolute atomic E-state index is 12.7. The van der Waals surface area contributed by atoms with Crippen LogP contribution in [0.1, 0.15) is 38.2 Å². The van der Waals surface area contributed by atoms with Gasteiger partial charge in [-0.05, 0) is 48.1 Å². The molecule has 5 rings (SSSR count). The highest BCUT2D eigenvalue weighted by Gasteiger charge is 2.27. The lowest BCUT2D eigenvalue weighted by molar-refractivity contribution is 0.193. The summed E-state index contributed by atoms with van der Waals surface area (Å²) >= 11 is 0. The zero-order valence-electron chi connectivity index (χ0n) is 19.1. The standard InChI is InChI=1S/C25H29N5O3S/c1-16-15-30(25(31)29-19-4-2-3-5-19)11-10-21(16)23-14-28-24-22(23)12-18(13-27-24)17-6-8-20(9-7-17)34(26,32)33/h6-10,12-14,16,19H,2-5,11,15H2,1H3,(H,27,28)(H,29,31)(H2,26,32,33). The third kappa shape index (κ3) is 4.45. The molecule has 9 heteroatoms. The minimum Gasteiger partial charge on any atom is -0.346 e. The molecule has 3 aromatic rings. The molecule has 34 heavy (non-hydrogen) atoms. The molecule has 0 spiro atoms. The number of amides is 2. The van der Waals surface area contributed by atoms with Crippen LogP contribution in [0.3, 0.4) is 0 Å². The van der Waals surface area contributed by atoms with Crippen LogP contribution in [0.4, 0.5) is 4.79 Å². The average molecular weight is 480 g/mol. The number of benzene rings is 1. The fourth-order valence-electron chi connectivity index (χ4n) is 5.03. The molecule has 0 radical (unpaired) electrons. The Balaban J connectivity index is 1.39. The van der Waals surface area contributed by atoms with Gasteiger partial charge in [0.25, 0.3) is 0 Å². The molecular formula is C25H29N5O3S. The van der Waals surface area contributed by atoms with Crippen LogP contribution in [-0.2, 0) is 10.0 Å². The molecule has 1 fully saturated rings. The van der Waals surface area contributed by atoms with Crippen LogP contribution in [-0.4, -0.2) is 48.4 Å². The SMILES string of the molecule is CC1CN(C(=O)NC2CCCC2)CC=C1c1c[nH]c2ncc(-c3ccc(S(N)(=O)=O)cc3)cc12. The molecule has 1 atom stereocenters. The van der Waals surface area contributed by atoms with E-state index in [1.165, 1.54) is 30.5 Å². The number of urea groups is 1. The Hall–Kier alpha value is -3.17. The molecule has 2 amide bonds. The van der Waals surface area contributed by atoms with Crippen LogP contribution < -0.4 is 10.5 Å². The number of fused-ring (bicyclic) bond motifs is 1.